The van der Waals surface area contributed by atoms with Crippen LogP contribution >= 0.6 is 0 Å². The van der Waals surface area contributed by atoms with E-state index < -0.39 is 36.8 Å². The summed E-state index contributed by atoms with van der Waals surface area (Å²) in [6, 6.07) is 9.29. The SMILES string of the molecule is COC1C(O)[C@@H](CO)O[C@H]1n1cc(C#Cc2ccccc2)c(N)nc1=O. The smallest absolute Gasteiger partial charge is 0.351 e. The molecule has 0 saturated carbocycles. The first-order valence-electron chi connectivity index (χ1n) is 7.98. The molecule has 26 heavy (non-hydrogen) atoms. The van der Waals surface area contributed by atoms with Crippen molar-refractivity contribution >= 4 is 5.82 Å². The molecule has 1 aromatic carbocycles. The normalized spacial score (nSPS) is 24.9. The molecule has 1 saturated heterocycles. The lowest BCUT2D eigenvalue weighted by atomic mass is 10.1. The molecule has 2 heterocycles. The number of aliphatic hydroxyl groups is 2. The lowest BCUT2D eigenvalue weighted by Gasteiger charge is -2.20. The fourth-order valence-electron chi connectivity index (χ4n) is 2.77. The number of nitrogen functional groups attached to an aromatic ring is 1. The molecule has 4 atom stereocenters. The van der Waals surface area contributed by atoms with Crippen LogP contribution in [0.2, 0.25) is 0 Å². The van der Waals surface area contributed by atoms with Crippen LogP contribution in [0.1, 0.15) is 17.4 Å². The number of benzene rings is 1. The minimum Gasteiger partial charge on any atom is -0.394 e. The van der Waals surface area contributed by atoms with E-state index in [0.717, 1.165) is 5.56 Å². The number of methoxy groups -OCH3 is 1. The standard InChI is InChI=1S/C18H19N3O5/c1-25-15-14(23)13(10-22)26-17(15)21-9-12(16(19)20-18(21)24)8-7-11-5-3-2-4-6-11/h2-6,9,13-15,17,22-23H,10H2,1H3,(H2,19,20,24)/t13-,14?,15?,17-/m1/s1. The highest BCUT2D eigenvalue weighted by Crippen LogP contribution is 2.30. The number of hydrogen-bond acceptors (Lipinski definition) is 7. The first-order valence-corrected chi connectivity index (χ1v) is 7.98. The molecule has 0 aliphatic carbocycles. The fourth-order valence-corrected chi connectivity index (χ4v) is 2.77. The molecule has 4 N–H and O–H groups in total. The Morgan fingerprint density at radius 1 is 1.35 bits per heavy atom. The topological polar surface area (TPSA) is 120 Å². The van der Waals surface area contributed by atoms with Crippen LogP contribution in [0, 0.1) is 11.8 Å². The molecule has 3 rings (SSSR count). The van der Waals surface area contributed by atoms with E-state index in [1.807, 2.05) is 30.3 Å². The Morgan fingerprint density at radius 2 is 2.08 bits per heavy atom. The Morgan fingerprint density at radius 3 is 2.73 bits per heavy atom. The quantitative estimate of drug-likeness (QED) is 0.633. The van der Waals surface area contributed by atoms with Crippen molar-refractivity contribution in [1.82, 2.24) is 9.55 Å². The van der Waals surface area contributed by atoms with Crippen LogP contribution in [-0.2, 0) is 9.47 Å². The minimum absolute atomic E-state index is 0.000835. The molecule has 8 heteroatoms. The molecule has 0 spiro atoms. The van der Waals surface area contributed by atoms with Gasteiger partial charge in [-0.2, -0.15) is 4.98 Å². The molecule has 1 aliphatic heterocycles. The fraction of sp³-hybridized carbons (Fsp3) is 0.333. The highest BCUT2D eigenvalue weighted by Gasteiger charge is 2.45. The molecule has 136 valence electrons. The summed E-state index contributed by atoms with van der Waals surface area (Å²) in [7, 11) is 1.38. The van der Waals surface area contributed by atoms with Crippen molar-refractivity contribution in [2.75, 3.05) is 19.5 Å². The third-order valence-electron chi connectivity index (χ3n) is 4.14. The maximum Gasteiger partial charge on any atom is 0.351 e. The van der Waals surface area contributed by atoms with Gasteiger partial charge in [0.25, 0.3) is 0 Å². The van der Waals surface area contributed by atoms with Gasteiger partial charge in [-0.15, -0.1) is 0 Å². The number of aliphatic hydroxyl groups excluding tert-OH is 2. The summed E-state index contributed by atoms with van der Waals surface area (Å²) < 4.78 is 12.0. The lowest BCUT2D eigenvalue weighted by molar-refractivity contribution is -0.0624. The van der Waals surface area contributed by atoms with E-state index in [0.29, 0.717) is 5.56 Å². The van der Waals surface area contributed by atoms with Crippen LogP contribution in [0.25, 0.3) is 0 Å². The first-order chi connectivity index (χ1) is 12.5. The Hall–Kier alpha value is -2.70. The van der Waals surface area contributed by atoms with Crippen LogP contribution in [0.5, 0.6) is 0 Å². The summed E-state index contributed by atoms with van der Waals surface area (Å²) in [6.45, 7) is -0.407. The van der Waals surface area contributed by atoms with Gasteiger partial charge in [0.2, 0.25) is 0 Å². The van der Waals surface area contributed by atoms with E-state index >= 15 is 0 Å². The average Bonchev–Trinajstić information content (AvgIpc) is 2.97. The summed E-state index contributed by atoms with van der Waals surface area (Å²) in [5.41, 5.74) is 6.28. The molecule has 0 radical (unpaired) electrons. The van der Waals surface area contributed by atoms with Gasteiger partial charge in [0, 0.05) is 18.9 Å². The lowest BCUT2D eigenvalue weighted by Crippen LogP contribution is -2.37. The van der Waals surface area contributed by atoms with Gasteiger partial charge in [-0.3, -0.25) is 4.57 Å². The van der Waals surface area contributed by atoms with Crippen molar-refractivity contribution in [2.45, 2.75) is 24.5 Å². The van der Waals surface area contributed by atoms with Crippen molar-refractivity contribution < 1.29 is 19.7 Å². The monoisotopic (exact) mass is 357 g/mol. The summed E-state index contributed by atoms with van der Waals surface area (Å²) in [4.78, 5) is 16.0. The third-order valence-corrected chi connectivity index (χ3v) is 4.14. The van der Waals surface area contributed by atoms with Crippen molar-refractivity contribution in [1.29, 1.82) is 0 Å². The Bertz CT molecular complexity index is 887. The number of nitrogens with two attached hydrogens (primary N) is 1. The van der Waals surface area contributed by atoms with Crippen LogP contribution < -0.4 is 11.4 Å². The van der Waals surface area contributed by atoms with E-state index in [1.54, 1.807) is 0 Å². The van der Waals surface area contributed by atoms with Crippen molar-refractivity contribution in [2.24, 2.45) is 0 Å². The van der Waals surface area contributed by atoms with Gasteiger partial charge >= 0.3 is 5.69 Å². The largest absolute Gasteiger partial charge is 0.394 e. The predicted molar refractivity (Wildman–Crippen MR) is 93.1 cm³/mol. The van der Waals surface area contributed by atoms with E-state index in [4.69, 9.17) is 15.2 Å². The summed E-state index contributed by atoms with van der Waals surface area (Å²) >= 11 is 0. The molecule has 1 fully saturated rings. The number of rotatable bonds is 3. The molecular formula is C18H19N3O5. The van der Waals surface area contributed by atoms with Gasteiger partial charge in [0.1, 0.15) is 24.1 Å². The predicted octanol–water partition coefficient (Wildman–Crippen LogP) is -0.509. The molecule has 1 aliphatic rings. The summed E-state index contributed by atoms with van der Waals surface area (Å²) in [5.74, 6) is 5.83. The van der Waals surface area contributed by atoms with Gasteiger partial charge in [0.05, 0.1) is 12.2 Å². The van der Waals surface area contributed by atoms with E-state index in [1.165, 1.54) is 17.9 Å². The number of nitrogens with zero attached hydrogens (tertiary/aromatic N) is 2. The molecule has 0 amide bonds. The van der Waals surface area contributed by atoms with Crippen LogP contribution in [0.3, 0.4) is 0 Å². The Balaban J connectivity index is 1.99. The van der Waals surface area contributed by atoms with Crippen LogP contribution in [-0.4, -0.2) is 51.8 Å². The number of hydrogen-bond donors (Lipinski definition) is 3. The van der Waals surface area contributed by atoms with E-state index in [2.05, 4.69) is 16.8 Å². The van der Waals surface area contributed by atoms with Crippen molar-refractivity contribution in [3.8, 4) is 11.8 Å². The third kappa shape index (κ3) is 3.47. The first kappa shape index (κ1) is 18.1. The zero-order valence-electron chi connectivity index (χ0n) is 14.1. The maximum absolute atomic E-state index is 12.3. The van der Waals surface area contributed by atoms with Gasteiger partial charge in [-0.1, -0.05) is 30.0 Å². The average molecular weight is 357 g/mol. The molecule has 1 aromatic heterocycles. The van der Waals surface area contributed by atoms with Crippen molar-refractivity contribution in [3.63, 3.8) is 0 Å². The van der Waals surface area contributed by atoms with Crippen molar-refractivity contribution in [3.05, 3.63) is 58.1 Å². The molecule has 2 aromatic rings. The van der Waals surface area contributed by atoms with Gasteiger partial charge < -0.3 is 25.4 Å². The molecule has 2 unspecified atom stereocenters. The second-order valence-corrected chi connectivity index (χ2v) is 5.78. The van der Waals surface area contributed by atoms with E-state index in [-0.39, 0.29) is 5.82 Å². The maximum atomic E-state index is 12.3. The molecular weight excluding hydrogens is 338 g/mol. The number of aromatic nitrogens is 2. The zero-order valence-corrected chi connectivity index (χ0v) is 14.1. The Kier molecular flexibility index (Phi) is 5.35. The van der Waals surface area contributed by atoms with E-state index in [9.17, 15) is 15.0 Å². The molecule has 0 bridgehead atoms. The highest BCUT2D eigenvalue weighted by molar-refractivity contribution is 5.52. The zero-order chi connectivity index (χ0) is 18.7. The second kappa shape index (κ2) is 7.68. The van der Waals surface area contributed by atoms with Crippen LogP contribution in [0.4, 0.5) is 5.82 Å². The number of anilines is 1. The van der Waals surface area contributed by atoms with Gasteiger partial charge in [0.15, 0.2) is 6.23 Å². The van der Waals surface area contributed by atoms with Gasteiger partial charge in [-0.05, 0) is 12.1 Å². The summed E-state index contributed by atoms with van der Waals surface area (Å²) in [5, 5.41) is 19.5. The number of ether oxygens (including phenoxy) is 2. The summed E-state index contributed by atoms with van der Waals surface area (Å²) in [6.07, 6.45) is -2.33. The minimum atomic E-state index is -1.08. The molecule has 8 nitrogen and oxygen atoms in total. The van der Waals surface area contributed by atoms with Crippen LogP contribution in [0.15, 0.2) is 41.3 Å². The highest BCUT2D eigenvalue weighted by atomic mass is 16.6. The Labute approximate surface area is 149 Å². The van der Waals surface area contributed by atoms with Gasteiger partial charge in [-0.25, -0.2) is 4.79 Å². The second-order valence-electron chi connectivity index (χ2n) is 5.78.